The van der Waals surface area contributed by atoms with Gasteiger partial charge in [0.25, 0.3) is 0 Å². The third-order valence-corrected chi connectivity index (χ3v) is 4.86. The van der Waals surface area contributed by atoms with Gasteiger partial charge in [0.1, 0.15) is 0 Å². The number of benzene rings is 2. The predicted octanol–water partition coefficient (Wildman–Crippen LogP) is 3.41. The Morgan fingerprint density at radius 2 is 1.59 bits per heavy atom. The number of hydrogen-bond acceptors (Lipinski definition) is 4. The zero-order valence-electron chi connectivity index (χ0n) is 15.9. The Morgan fingerprint density at radius 3 is 2.31 bits per heavy atom. The van der Waals surface area contributed by atoms with Gasteiger partial charge >= 0.3 is 0 Å². The van der Waals surface area contributed by atoms with Gasteiger partial charge in [0.2, 0.25) is 5.52 Å². The fraction of sp³-hybridized carbons (Fsp3) is 0.0870. The first-order valence-corrected chi connectivity index (χ1v) is 10.9. The number of aromatic nitrogens is 1. The molecule has 4 aromatic rings. The molecule has 1 aliphatic carbocycles. The van der Waals surface area contributed by atoms with E-state index in [-0.39, 0.29) is 0 Å². The number of nitrogens with zero attached hydrogens (tertiary/aromatic N) is 1. The van der Waals surface area contributed by atoms with Crippen molar-refractivity contribution >= 4 is 21.3 Å². The van der Waals surface area contributed by atoms with Gasteiger partial charge < -0.3 is 10.3 Å². The summed E-state index contributed by atoms with van der Waals surface area (Å²) in [5, 5.41) is 0. The molecular weight excluding hydrogens is 384 g/mol. The summed E-state index contributed by atoms with van der Waals surface area (Å²) in [5.41, 5.74) is 16.0. The van der Waals surface area contributed by atoms with Crippen LogP contribution in [-0.4, -0.2) is 19.2 Å². The maximum absolute atomic E-state index is 9.08. The fourth-order valence-corrected chi connectivity index (χ4v) is 3.82. The van der Waals surface area contributed by atoms with Crippen LogP contribution in [-0.2, 0) is 16.5 Å². The molecule has 1 aliphatic rings. The molecule has 2 aromatic carbocycles. The fourth-order valence-electron chi connectivity index (χ4n) is 3.82. The highest BCUT2D eigenvalue weighted by atomic mass is 32.2. The molecule has 29 heavy (non-hydrogen) atoms. The SMILES string of the molecule is CS(=O)(=O)[O-].Nc1cc[n+]2cc3c(c(-c4ccccc4)c2c1)-c1ccccc1C3. The first-order chi connectivity index (χ1) is 13.8. The molecule has 6 heteroatoms. The third kappa shape index (κ3) is 3.99. The van der Waals surface area contributed by atoms with E-state index in [1.165, 1.54) is 33.4 Å². The Kier molecular flexibility index (Phi) is 4.82. The first kappa shape index (κ1) is 19.1. The maximum atomic E-state index is 9.08. The standard InChI is InChI=1S/C22H16N2.CH4O3S/c23-18-10-11-24-14-17-12-16-8-4-5-9-19(16)21(17)22(20(24)13-18)15-6-2-1-3-7-15;1-5(2,3)4/h1-11,13-14,23H,12H2;1H3,(H,2,3,4). The lowest BCUT2D eigenvalue weighted by Gasteiger charge is -2.10. The van der Waals surface area contributed by atoms with Crippen LogP contribution in [0.25, 0.3) is 27.8 Å². The van der Waals surface area contributed by atoms with Gasteiger partial charge in [-0.1, -0.05) is 54.6 Å². The van der Waals surface area contributed by atoms with Crippen molar-refractivity contribution < 1.29 is 17.4 Å². The molecule has 2 N–H and O–H groups in total. The Labute approximate surface area is 169 Å². The number of fused-ring (bicyclic) bond motifs is 4. The summed E-state index contributed by atoms with van der Waals surface area (Å²) in [5.74, 6) is 0. The summed E-state index contributed by atoms with van der Waals surface area (Å²) in [6.07, 6.45) is 5.89. The van der Waals surface area contributed by atoms with Crippen molar-refractivity contribution in [2.24, 2.45) is 0 Å². The van der Waals surface area contributed by atoms with Crippen molar-refractivity contribution in [2.75, 3.05) is 12.0 Å². The second-order valence-electron chi connectivity index (χ2n) is 7.06. The molecule has 0 fully saturated rings. The zero-order chi connectivity index (χ0) is 20.6. The summed E-state index contributed by atoms with van der Waals surface area (Å²) in [4.78, 5) is 0. The van der Waals surface area contributed by atoms with Crippen LogP contribution in [0.4, 0.5) is 5.69 Å². The summed E-state index contributed by atoms with van der Waals surface area (Å²) in [6, 6.07) is 23.3. The number of anilines is 1. The van der Waals surface area contributed by atoms with E-state index in [0.29, 0.717) is 6.26 Å². The normalized spacial score (nSPS) is 12.1. The van der Waals surface area contributed by atoms with E-state index < -0.39 is 10.1 Å². The molecule has 0 saturated heterocycles. The average Bonchev–Trinajstić information content (AvgIpc) is 3.04. The van der Waals surface area contributed by atoms with Gasteiger partial charge in [0.15, 0.2) is 12.4 Å². The van der Waals surface area contributed by atoms with Gasteiger partial charge in [0, 0.05) is 41.6 Å². The van der Waals surface area contributed by atoms with E-state index in [4.69, 9.17) is 18.7 Å². The molecule has 5 rings (SSSR count). The molecule has 5 nitrogen and oxygen atoms in total. The van der Waals surface area contributed by atoms with E-state index >= 15 is 0 Å². The lowest BCUT2D eigenvalue weighted by atomic mass is 9.94. The van der Waals surface area contributed by atoms with Gasteiger partial charge in [-0.3, -0.25) is 0 Å². The molecule has 2 heterocycles. The Morgan fingerprint density at radius 1 is 0.931 bits per heavy atom. The van der Waals surface area contributed by atoms with Gasteiger partial charge in [-0.25, -0.2) is 8.42 Å². The largest absolute Gasteiger partial charge is 0.748 e. The molecule has 0 saturated carbocycles. The van der Waals surface area contributed by atoms with E-state index in [1.54, 1.807) is 0 Å². The first-order valence-electron chi connectivity index (χ1n) is 9.12. The molecular formula is C23H20N2O3S. The molecule has 146 valence electrons. The van der Waals surface area contributed by atoms with Crippen LogP contribution in [0, 0.1) is 0 Å². The van der Waals surface area contributed by atoms with Crippen LogP contribution < -0.4 is 10.1 Å². The average molecular weight is 404 g/mol. The Bertz CT molecular complexity index is 1310. The van der Waals surface area contributed by atoms with Crippen molar-refractivity contribution in [3.8, 4) is 22.3 Å². The molecule has 2 aromatic heterocycles. The van der Waals surface area contributed by atoms with Crippen molar-refractivity contribution in [2.45, 2.75) is 6.42 Å². The monoisotopic (exact) mass is 404 g/mol. The maximum Gasteiger partial charge on any atom is 0.221 e. The number of rotatable bonds is 1. The minimum absolute atomic E-state index is 0.604. The molecule has 0 bridgehead atoms. The van der Waals surface area contributed by atoms with Crippen molar-refractivity contribution in [1.29, 1.82) is 0 Å². The summed E-state index contributed by atoms with van der Waals surface area (Å²) < 4.78 is 29.4. The minimum atomic E-state index is -3.92. The van der Waals surface area contributed by atoms with Crippen LogP contribution in [0.1, 0.15) is 11.1 Å². The zero-order valence-corrected chi connectivity index (χ0v) is 16.7. The second kappa shape index (κ2) is 7.31. The topological polar surface area (TPSA) is 87.3 Å². The summed E-state index contributed by atoms with van der Waals surface area (Å²) in [7, 11) is -3.92. The summed E-state index contributed by atoms with van der Waals surface area (Å²) >= 11 is 0. The second-order valence-corrected chi connectivity index (χ2v) is 8.47. The lowest BCUT2D eigenvalue weighted by Crippen LogP contribution is -2.23. The van der Waals surface area contributed by atoms with Crippen LogP contribution >= 0.6 is 0 Å². The molecule has 0 unspecified atom stereocenters. The van der Waals surface area contributed by atoms with Crippen LogP contribution in [0.2, 0.25) is 0 Å². The van der Waals surface area contributed by atoms with E-state index in [2.05, 4.69) is 77.5 Å². The number of hydrogen-bond donors (Lipinski definition) is 1. The van der Waals surface area contributed by atoms with Gasteiger partial charge in [0.05, 0.1) is 15.7 Å². The molecule has 0 amide bonds. The quantitative estimate of drug-likeness (QED) is 0.343. The third-order valence-electron chi connectivity index (χ3n) is 4.86. The van der Waals surface area contributed by atoms with Crippen molar-refractivity contribution in [3.63, 3.8) is 0 Å². The Hall–Kier alpha value is -3.22. The smallest absolute Gasteiger partial charge is 0.221 e. The molecule has 0 spiro atoms. The van der Waals surface area contributed by atoms with Gasteiger partial charge in [-0.2, -0.15) is 4.40 Å². The molecule has 0 aliphatic heterocycles. The van der Waals surface area contributed by atoms with Crippen LogP contribution in [0.15, 0.2) is 79.1 Å². The minimum Gasteiger partial charge on any atom is -0.748 e. The number of nitrogens with two attached hydrogens (primary N) is 1. The highest BCUT2D eigenvalue weighted by Crippen LogP contribution is 2.43. The highest BCUT2D eigenvalue weighted by molar-refractivity contribution is 7.84. The van der Waals surface area contributed by atoms with Crippen molar-refractivity contribution in [1.82, 2.24) is 0 Å². The Balaban J connectivity index is 0.000000369. The van der Waals surface area contributed by atoms with Gasteiger partial charge in [-0.05, 0) is 16.7 Å². The van der Waals surface area contributed by atoms with Crippen LogP contribution in [0.3, 0.4) is 0 Å². The highest BCUT2D eigenvalue weighted by Gasteiger charge is 2.28. The van der Waals surface area contributed by atoms with E-state index in [9.17, 15) is 0 Å². The summed E-state index contributed by atoms with van der Waals surface area (Å²) in [6.45, 7) is 0. The number of nitrogen functional groups attached to an aromatic ring is 1. The predicted molar refractivity (Wildman–Crippen MR) is 113 cm³/mol. The lowest BCUT2D eigenvalue weighted by molar-refractivity contribution is -0.511. The molecule has 0 atom stereocenters. The van der Waals surface area contributed by atoms with Crippen molar-refractivity contribution in [3.05, 3.63) is 90.3 Å². The van der Waals surface area contributed by atoms with Crippen LogP contribution in [0.5, 0.6) is 0 Å². The van der Waals surface area contributed by atoms with Gasteiger partial charge in [-0.15, -0.1) is 0 Å². The van der Waals surface area contributed by atoms with E-state index in [1.807, 2.05) is 6.07 Å². The molecule has 0 radical (unpaired) electrons. The number of pyridine rings is 2. The van der Waals surface area contributed by atoms with E-state index in [0.717, 1.165) is 17.6 Å².